The first kappa shape index (κ1) is 43.5. The summed E-state index contributed by atoms with van der Waals surface area (Å²) in [6.45, 7) is 14.3. The van der Waals surface area contributed by atoms with Crippen LogP contribution in [-0.2, 0) is 23.8 Å². The predicted octanol–water partition coefficient (Wildman–Crippen LogP) is 3.59. The number of phenols is 1. The number of ketones is 1. The standard InChI is InChI=1S/C43H57N5O11/c1-20-12-11-13-21(2)41(54)44-33-32-31(45-43(46-32)15-17-48(9)18-16-43)28-29(37(33)53)36(52)25(6)39-30(28)40(47-55)42(8,59-39)57-19-14-27(56-10)22(3)38(58-26(7)49)24(5)35(51)23(4)34(20)50/h11-14,19-20,22-24,27,34-35,38,46,50-52,55H,15-18H2,1-10H3,(H,44,54)/b12-11+,19-14+,21-13-,47-40-/t20-,22+,23+,24+,27-,34-,35+,38+,42-/m0/s1. The molecule has 9 atom stereocenters. The highest BCUT2D eigenvalue weighted by Crippen LogP contribution is 2.50. The number of oxime groups is 1. The van der Waals surface area contributed by atoms with Gasteiger partial charge >= 0.3 is 5.97 Å². The third-order valence-corrected chi connectivity index (χ3v) is 12.6. The van der Waals surface area contributed by atoms with Crippen LogP contribution in [0.5, 0.6) is 11.5 Å². The molecule has 5 bridgehead atoms. The van der Waals surface area contributed by atoms with Crippen molar-refractivity contribution in [3.8, 4) is 11.5 Å². The van der Waals surface area contributed by atoms with Crippen LogP contribution in [-0.4, -0.2) is 118 Å². The van der Waals surface area contributed by atoms with Crippen molar-refractivity contribution in [2.45, 2.75) is 104 Å². The van der Waals surface area contributed by atoms with Crippen LogP contribution in [0.1, 0.15) is 88.4 Å². The summed E-state index contributed by atoms with van der Waals surface area (Å²) in [6, 6.07) is 0. The molecular formula is C43H57N5O11. The van der Waals surface area contributed by atoms with Gasteiger partial charge in [0.05, 0.1) is 47.1 Å². The molecule has 4 heterocycles. The summed E-state index contributed by atoms with van der Waals surface area (Å²) in [5.41, 5.74) is 0.0912. The summed E-state index contributed by atoms with van der Waals surface area (Å²) in [5.74, 6) is -6.33. The van der Waals surface area contributed by atoms with Gasteiger partial charge in [-0.1, -0.05) is 51.1 Å². The molecule has 1 aliphatic carbocycles. The van der Waals surface area contributed by atoms with E-state index in [1.54, 1.807) is 65.8 Å². The Labute approximate surface area is 344 Å². The number of benzene rings is 1. The van der Waals surface area contributed by atoms with E-state index in [1.165, 1.54) is 27.2 Å². The van der Waals surface area contributed by atoms with Gasteiger partial charge in [-0.15, -0.1) is 0 Å². The summed E-state index contributed by atoms with van der Waals surface area (Å²) >= 11 is 0. The lowest BCUT2D eigenvalue weighted by Crippen LogP contribution is -2.49. The lowest BCUT2D eigenvalue weighted by atomic mass is 9.78. The average molecular weight is 820 g/mol. The van der Waals surface area contributed by atoms with Crippen LogP contribution >= 0.6 is 0 Å². The number of nitrogens with zero attached hydrogens (tertiary/aromatic N) is 3. The van der Waals surface area contributed by atoms with Gasteiger partial charge in [-0.05, 0) is 27.0 Å². The van der Waals surface area contributed by atoms with Gasteiger partial charge in [-0.3, -0.25) is 19.4 Å². The minimum Gasteiger partial charge on any atom is -0.507 e. The number of ether oxygens (including phenoxy) is 4. The summed E-state index contributed by atoms with van der Waals surface area (Å²) in [6.07, 6.45) is 5.13. The molecule has 1 saturated heterocycles. The van der Waals surface area contributed by atoms with Gasteiger partial charge in [0, 0.05) is 87.3 Å². The third kappa shape index (κ3) is 7.78. The number of esters is 1. The Bertz CT molecular complexity index is 2080. The molecule has 1 fully saturated rings. The van der Waals surface area contributed by atoms with Gasteiger partial charge in [-0.25, -0.2) is 0 Å². The van der Waals surface area contributed by atoms with E-state index in [2.05, 4.69) is 20.7 Å². The zero-order valence-corrected chi connectivity index (χ0v) is 35.3. The maximum atomic E-state index is 14.7. The molecule has 1 aromatic carbocycles. The molecule has 0 radical (unpaired) electrons. The molecule has 16 nitrogen and oxygen atoms in total. The van der Waals surface area contributed by atoms with E-state index >= 15 is 0 Å². The van der Waals surface area contributed by atoms with Gasteiger partial charge in [-0.2, -0.15) is 0 Å². The Hall–Kier alpha value is -5.03. The normalized spacial score (nSPS) is 35.2. The van der Waals surface area contributed by atoms with Gasteiger partial charge < -0.3 is 55.0 Å². The maximum absolute atomic E-state index is 14.7. The largest absolute Gasteiger partial charge is 0.507 e. The van der Waals surface area contributed by atoms with Crippen molar-refractivity contribution >= 4 is 29.1 Å². The number of phenolic OH excluding ortho intramolecular Hbond substituents is 1. The van der Waals surface area contributed by atoms with E-state index in [-0.39, 0.29) is 56.4 Å². The number of Topliss-reactive ketones (excluding diaryl/α,β-unsaturated/α-hetero) is 1. The Morgan fingerprint density at radius 2 is 1.68 bits per heavy atom. The summed E-state index contributed by atoms with van der Waals surface area (Å²) in [4.78, 5) is 48.3. The average Bonchev–Trinajstić information content (AvgIpc) is 3.72. The first-order chi connectivity index (χ1) is 27.8. The Morgan fingerprint density at radius 1 is 1.00 bits per heavy atom. The number of nitrogens with one attached hydrogen (secondary N) is 2. The number of methoxy groups -OCH3 is 1. The number of aliphatic hydroxyl groups is 2. The number of amides is 1. The molecule has 6 rings (SSSR count). The minimum atomic E-state index is -1.81. The molecule has 1 amide bonds. The number of hydrogen-bond acceptors (Lipinski definition) is 15. The zero-order chi connectivity index (χ0) is 43.3. The lowest BCUT2D eigenvalue weighted by molar-refractivity contribution is -0.160. The van der Waals surface area contributed by atoms with Crippen LogP contribution in [0.3, 0.4) is 0 Å². The number of carbonyl (C=O) groups excluding carboxylic acids is 3. The number of aliphatic imine (C=N–C) groups is 1. The topological polar surface area (TPSA) is 221 Å². The van der Waals surface area contributed by atoms with E-state index in [1.807, 2.05) is 7.05 Å². The van der Waals surface area contributed by atoms with Crippen molar-refractivity contribution in [1.82, 2.24) is 15.5 Å². The van der Waals surface area contributed by atoms with E-state index in [4.69, 9.17) is 23.9 Å². The molecular weight excluding hydrogens is 762 g/mol. The van der Waals surface area contributed by atoms with Crippen molar-refractivity contribution in [3.63, 3.8) is 0 Å². The molecule has 6 N–H and O–H groups in total. The fraction of sp³-hybridized carbons (Fsp3) is 0.558. The van der Waals surface area contributed by atoms with Gasteiger partial charge in [0.25, 0.3) is 11.7 Å². The number of fused-ring (bicyclic) bond motifs is 3. The second-order valence-corrected chi connectivity index (χ2v) is 16.8. The highest BCUT2D eigenvalue weighted by molar-refractivity contribution is 6.35. The highest BCUT2D eigenvalue weighted by Gasteiger charge is 2.53. The van der Waals surface area contributed by atoms with Crippen molar-refractivity contribution in [2.75, 3.05) is 27.2 Å². The van der Waals surface area contributed by atoms with Gasteiger partial charge in [0.15, 0.2) is 5.71 Å². The fourth-order valence-corrected chi connectivity index (χ4v) is 8.79. The van der Waals surface area contributed by atoms with E-state index in [0.717, 1.165) is 0 Å². The minimum absolute atomic E-state index is 0.103. The predicted molar refractivity (Wildman–Crippen MR) is 217 cm³/mol. The van der Waals surface area contributed by atoms with Crippen LogP contribution in [0.4, 0.5) is 0 Å². The molecule has 0 saturated carbocycles. The number of aliphatic hydroxyl groups excluding tert-OH is 2. The van der Waals surface area contributed by atoms with E-state index in [9.17, 15) is 34.9 Å². The lowest BCUT2D eigenvalue weighted by Gasteiger charge is -2.38. The first-order valence-corrected chi connectivity index (χ1v) is 20.0. The van der Waals surface area contributed by atoms with Crippen LogP contribution in [0.2, 0.25) is 0 Å². The second kappa shape index (κ2) is 16.6. The van der Waals surface area contributed by atoms with Crippen LogP contribution in [0, 0.1) is 30.6 Å². The second-order valence-electron chi connectivity index (χ2n) is 16.8. The molecule has 1 aromatic rings. The number of likely N-dealkylation sites (tertiary alicyclic amines) is 1. The Morgan fingerprint density at radius 3 is 2.31 bits per heavy atom. The monoisotopic (exact) mass is 819 g/mol. The SMILES string of the molecule is CO[C@H]1/C=C/O[C@@]2(C)Oc3c(C)c(O)c4c(c3/C2=N/O)C2=NC3(CCN(C)CC3)NC2=C(NC(=O)/C(C)=C\C=C\[C@H](C)[C@H](O)[C@@H](C)[C@@H](O)[C@@H](C)[C@H](OC(C)=O)[C@@H]1C)C4=O. The molecule has 16 heteroatoms. The third-order valence-electron chi connectivity index (χ3n) is 12.6. The van der Waals surface area contributed by atoms with Crippen LogP contribution in [0.25, 0.3) is 0 Å². The molecule has 0 unspecified atom stereocenters. The van der Waals surface area contributed by atoms with Crippen LogP contribution < -0.4 is 15.4 Å². The van der Waals surface area contributed by atoms with Crippen molar-refractivity contribution in [1.29, 1.82) is 0 Å². The molecule has 0 aromatic heterocycles. The van der Waals surface area contributed by atoms with Gasteiger partial charge in [0.2, 0.25) is 5.78 Å². The zero-order valence-electron chi connectivity index (χ0n) is 35.3. The highest BCUT2D eigenvalue weighted by atomic mass is 16.7. The van der Waals surface area contributed by atoms with E-state index in [0.29, 0.717) is 25.9 Å². The van der Waals surface area contributed by atoms with Crippen molar-refractivity contribution in [2.24, 2.45) is 33.8 Å². The smallest absolute Gasteiger partial charge is 0.302 e. The number of carbonyl (C=O) groups is 3. The number of allylic oxidation sites excluding steroid dienone is 4. The Kier molecular flexibility index (Phi) is 12.2. The molecule has 59 heavy (non-hydrogen) atoms. The van der Waals surface area contributed by atoms with Crippen LogP contribution in [0.15, 0.2) is 57.7 Å². The van der Waals surface area contributed by atoms with Crippen molar-refractivity contribution in [3.05, 3.63) is 69.8 Å². The van der Waals surface area contributed by atoms with Crippen molar-refractivity contribution < 1.29 is 53.9 Å². The summed E-state index contributed by atoms with van der Waals surface area (Å²) < 4.78 is 24.2. The molecule has 4 aliphatic heterocycles. The first-order valence-electron chi connectivity index (χ1n) is 20.0. The molecule has 1 spiro atoms. The fourth-order valence-electron chi connectivity index (χ4n) is 8.79. The molecule has 320 valence electrons. The summed E-state index contributed by atoms with van der Waals surface area (Å²) in [5, 5.41) is 55.3. The number of piperidine rings is 1. The Balaban J connectivity index is 1.52. The summed E-state index contributed by atoms with van der Waals surface area (Å²) in [7, 11) is 3.48. The maximum Gasteiger partial charge on any atom is 0.302 e. The number of rotatable bonds is 2. The number of hydrogen-bond donors (Lipinski definition) is 6. The quantitative estimate of drug-likeness (QED) is 0.143. The van der Waals surface area contributed by atoms with Gasteiger partial charge in [0.1, 0.15) is 29.0 Å². The van der Waals surface area contributed by atoms with E-state index < -0.39 is 82.9 Å². The molecule has 5 aliphatic rings. The number of aromatic hydroxyl groups is 1.